The molecule has 19 heavy (non-hydrogen) atoms. The molecule has 0 saturated heterocycles. The topological polar surface area (TPSA) is 48.1 Å². The van der Waals surface area contributed by atoms with E-state index in [1.54, 1.807) is 0 Å². The molecule has 0 saturated carbocycles. The normalized spacial score (nSPS) is 10.4. The highest BCUT2D eigenvalue weighted by molar-refractivity contribution is 7.99. The zero-order valence-electron chi connectivity index (χ0n) is 10.8. The number of benzene rings is 1. The van der Waals surface area contributed by atoms with E-state index in [-0.39, 0.29) is 0 Å². The van der Waals surface area contributed by atoms with E-state index in [0.717, 1.165) is 30.1 Å². The van der Waals surface area contributed by atoms with E-state index in [1.165, 1.54) is 4.90 Å². The number of hydrogen-bond acceptors (Lipinski definition) is 4. The van der Waals surface area contributed by atoms with Crippen molar-refractivity contribution < 1.29 is 4.74 Å². The number of ether oxygens (including phenoxy) is 1. The summed E-state index contributed by atoms with van der Waals surface area (Å²) < 4.78 is 5.68. The third-order valence-corrected chi connectivity index (χ3v) is 3.73. The SMILES string of the molecule is NCc1ccc(OCCCSc2ccncc2)cc1. The molecule has 1 aromatic carbocycles. The van der Waals surface area contributed by atoms with Gasteiger partial charge >= 0.3 is 0 Å². The molecule has 100 valence electrons. The van der Waals surface area contributed by atoms with Gasteiger partial charge in [0.1, 0.15) is 5.75 Å². The molecule has 2 rings (SSSR count). The summed E-state index contributed by atoms with van der Waals surface area (Å²) in [4.78, 5) is 5.25. The number of nitrogens with two attached hydrogens (primary N) is 1. The Morgan fingerprint density at radius 2 is 1.79 bits per heavy atom. The third-order valence-electron chi connectivity index (χ3n) is 2.63. The number of hydrogen-bond donors (Lipinski definition) is 1. The van der Waals surface area contributed by atoms with Gasteiger partial charge in [0.25, 0.3) is 0 Å². The highest BCUT2D eigenvalue weighted by Crippen LogP contribution is 2.17. The van der Waals surface area contributed by atoms with Gasteiger partial charge in [-0.2, -0.15) is 0 Å². The Balaban J connectivity index is 1.63. The lowest BCUT2D eigenvalue weighted by molar-refractivity contribution is 0.318. The van der Waals surface area contributed by atoms with E-state index in [1.807, 2.05) is 60.6 Å². The molecule has 0 atom stereocenters. The highest BCUT2D eigenvalue weighted by Gasteiger charge is 1.96. The monoisotopic (exact) mass is 274 g/mol. The van der Waals surface area contributed by atoms with Crippen molar-refractivity contribution in [3.8, 4) is 5.75 Å². The molecule has 0 amide bonds. The maximum absolute atomic E-state index is 5.68. The molecule has 1 heterocycles. The molecule has 2 aromatic rings. The van der Waals surface area contributed by atoms with Crippen molar-refractivity contribution in [3.63, 3.8) is 0 Å². The van der Waals surface area contributed by atoms with Gasteiger partial charge in [-0.1, -0.05) is 12.1 Å². The lowest BCUT2D eigenvalue weighted by Gasteiger charge is -2.06. The quantitative estimate of drug-likeness (QED) is 0.622. The van der Waals surface area contributed by atoms with Crippen LogP contribution in [0.2, 0.25) is 0 Å². The Labute approximate surface area is 118 Å². The van der Waals surface area contributed by atoms with Gasteiger partial charge in [0.15, 0.2) is 0 Å². The van der Waals surface area contributed by atoms with Gasteiger partial charge in [0, 0.05) is 29.6 Å². The zero-order valence-corrected chi connectivity index (χ0v) is 11.6. The predicted octanol–water partition coefficient (Wildman–Crippen LogP) is 3.10. The zero-order chi connectivity index (χ0) is 13.3. The average Bonchev–Trinajstić information content (AvgIpc) is 2.49. The van der Waals surface area contributed by atoms with Crippen LogP contribution in [0.25, 0.3) is 0 Å². The Hall–Kier alpha value is -1.52. The molecular formula is C15H18N2OS. The Morgan fingerprint density at radius 3 is 2.47 bits per heavy atom. The van der Waals surface area contributed by atoms with E-state index in [2.05, 4.69) is 4.98 Å². The lowest BCUT2D eigenvalue weighted by atomic mass is 10.2. The summed E-state index contributed by atoms with van der Waals surface area (Å²) in [7, 11) is 0. The van der Waals surface area contributed by atoms with Crippen molar-refractivity contribution in [2.75, 3.05) is 12.4 Å². The van der Waals surface area contributed by atoms with Crippen LogP contribution in [0, 0.1) is 0 Å². The van der Waals surface area contributed by atoms with E-state index >= 15 is 0 Å². The molecule has 1 aromatic heterocycles. The van der Waals surface area contributed by atoms with Crippen LogP contribution in [-0.4, -0.2) is 17.3 Å². The van der Waals surface area contributed by atoms with Crippen molar-refractivity contribution in [1.82, 2.24) is 4.98 Å². The van der Waals surface area contributed by atoms with E-state index < -0.39 is 0 Å². The molecule has 0 unspecified atom stereocenters. The van der Waals surface area contributed by atoms with Crippen molar-refractivity contribution in [1.29, 1.82) is 0 Å². The fourth-order valence-corrected chi connectivity index (χ4v) is 2.41. The van der Waals surface area contributed by atoms with Crippen LogP contribution < -0.4 is 10.5 Å². The molecule has 0 spiro atoms. The van der Waals surface area contributed by atoms with Crippen molar-refractivity contribution in [3.05, 3.63) is 54.4 Å². The van der Waals surface area contributed by atoms with Crippen LogP contribution in [0.1, 0.15) is 12.0 Å². The minimum absolute atomic E-state index is 0.572. The number of thioether (sulfide) groups is 1. The Kier molecular flexibility index (Phi) is 5.72. The van der Waals surface area contributed by atoms with Crippen LogP contribution >= 0.6 is 11.8 Å². The smallest absolute Gasteiger partial charge is 0.119 e. The van der Waals surface area contributed by atoms with Crippen LogP contribution in [0.5, 0.6) is 5.75 Å². The first kappa shape index (κ1) is 13.9. The molecule has 0 bridgehead atoms. The summed E-state index contributed by atoms with van der Waals surface area (Å²) in [6, 6.07) is 12.0. The van der Waals surface area contributed by atoms with Gasteiger partial charge in [-0.15, -0.1) is 11.8 Å². The lowest BCUT2D eigenvalue weighted by Crippen LogP contribution is -2.00. The molecular weight excluding hydrogens is 256 g/mol. The molecule has 0 aliphatic carbocycles. The minimum atomic E-state index is 0.572. The van der Waals surface area contributed by atoms with Crippen molar-refractivity contribution in [2.24, 2.45) is 5.73 Å². The van der Waals surface area contributed by atoms with Crippen molar-refractivity contribution in [2.45, 2.75) is 17.9 Å². The fourth-order valence-electron chi connectivity index (χ4n) is 1.60. The summed E-state index contributed by atoms with van der Waals surface area (Å²) in [6.07, 6.45) is 4.65. The number of rotatable bonds is 7. The Morgan fingerprint density at radius 1 is 1.05 bits per heavy atom. The maximum Gasteiger partial charge on any atom is 0.119 e. The first-order chi connectivity index (χ1) is 9.38. The first-order valence-corrected chi connectivity index (χ1v) is 7.31. The third kappa shape index (κ3) is 4.93. The van der Waals surface area contributed by atoms with E-state index in [0.29, 0.717) is 6.54 Å². The van der Waals surface area contributed by atoms with Gasteiger partial charge < -0.3 is 10.5 Å². The van der Waals surface area contributed by atoms with Crippen molar-refractivity contribution >= 4 is 11.8 Å². The fraction of sp³-hybridized carbons (Fsp3) is 0.267. The summed E-state index contributed by atoms with van der Waals surface area (Å²) in [5, 5.41) is 0. The summed E-state index contributed by atoms with van der Waals surface area (Å²) in [5.41, 5.74) is 6.67. The second kappa shape index (κ2) is 7.81. The van der Waals surface area contributed by atoms with Crippen LogP contribution in [0.3, 0.4) is 0 Å². The summed E-state index contributed by atoms with van der Waals surface area (Å²) in [5.74, 6) is 1.95. The van der Waals surface area contributed by atoms with Crippen LogP contribution in [-0.2, 0) is 6.54 Å². The molecule has 4 heteroatoms. The Bertz CT molecular complexity index is 473. The standard InChI is InChI=1S/C15H18N2OS/c16-12-13-2-4-14(5-3-13)18-10-1-11-19-15-6-8-17-9-7-15/h2-9H,1,10-12,16H2. The van der Waals surface area contributed by atoms with Crippen LogP contribution in [0.15, 0.2) is 53.7 Å². The molecule has 0 fully saturated rings. The maximum atomic E-state index is 5.68. The van der Waals surface area contributed by atoms with Gasteiger partial charge in [-0.05, 0) is 36.2 Å². The highest BCUT2D eigenvalue weighted by atomic mass is 32.2. The van der Waals surface area contributed by atoms with Gasteiger partial charge in [-0.3, -0.25) is 4.98 Å². The average molecular weight is 274 g/mol. The molecule has 0 aliphatic rings. The second-order valence-corrected chi connectivity index (χ2v) is 5.25. The summed E-state index contributed by atoms with van der Waals surface area (Å²) in [6.45, 7) is 1.31. The van der Waals surface area contributed by atoms with Crippen LogP contribution in [0.4, 0.5) is 0 Å². The first-order valence-electron chi connectivity index (χ1n) is 6.33. The largest absolute Gasteiger partial charge is 0.494 e. The van der Waals surface area contributed by atoms with Gasteiger partial charge in [0.05, 0.1) is 6.61 Å². The number of pyridine rings is 1. The van der Waals surface area contributed by atoms with E-state index in [9.17, 15) is 0 Å². The summed E-state index contributed by atoms with van der Waals surface area (Å²) >= 11 is 1.83. The van der Waals surface area contributed by atoms with Gasteiger partial charge in [-0.25, -0.2) is 0 Å². The number of aromatic nitrogens is 1. The second-order valence-electron chi connectivity index (χ2n) is 4.08. The number of nitrogens with zero attached hydrogens (tertiary/aromatic N) is 1. The van der Waals surface area contributed by atoms with Gasteiger partial charge in [0.2, 0.25) is 0 Å². The predicted molar refractivity (Wildman–Crippen MR) is 79.4 cm³/mol. The molecule has 2 N–H and O–H groups in total. The molecule has 3 nitrogen and oxygen atoms in total. The molecule has 0 radical (unpaired) electrons. The van der Waals surface area contributed by atoms with E-state index in [4.69, 9.17) is 10.5 Å². The molecule has 0 aliphatic heterocycles. The minimum Gasteiger partial charge on any atom is -0.494 e.